The van der Waals surface area contributed by atoms with E-state index in [1.807, 2.05) is 60.7 Å². The first kappa shape index (κ1) is 26.4. The van der Waals surface area contributed by atoms with Gasteiger partial charge >= 0.3 is 0 Å². The van der Waals surface area contributed by atoms with Gasteiger partial charge in [-0.1, -0.05) is 90.5 Å². The number of benzene rings is 3. The number of nitrogens with zero attached hydrogens (tertiary/aromatic N) is 2. The number of carbonyl (C=O) groups is 2. The Morgan fingerprint density at radius 2 is 1.70 bits per heavy atom. The minimum atomic E-state index is -1.30. The van der Waals surface area contributed by atoms with Crippen LogP contribution < -0.4 is 10.2 Å². The van der Waals surface area contributed by atoms with Gasteiger partial charge in [0, 0.05) is 40.0 Å². The maximum Gasteiger partial charge on any atom is 0.295 e. The number of hydrogen-bond acceptors (Lipinski definition) is 6. The van der Waals surface area contributed by atoms with Crippen molar-refractivity contribution >= 4 is 46.0 Å². The van der Waals surface area contributed by atoms with Crippen molar-refractivity contribution in [3.63, 3.8) is 0 Å². The second-order valence-corrected chi connectivity index (χ2v) is 11.3. The van der Waals surface area contributed by atoms with Gasteiger partial charge in [0.25, 0.3) is 18.6 Å². The number of aliphatic imine (C=N–C) groups is 1. The molecule has 6 rings (SSSR count). The third kappa shape index (κ3) is 5.08. The van der Waals surface area contributed by atoms with Crippen LogP contribution in [0.3, 0.4) is 0 Å². The van der Waals surface area contributed by atoms with Crippen molar-refractivity contribution in [2.45, 2.75) is 31.5 Å². The smallest absolute Gasteiger partial charge is 0.295 e. The Kier molecular flexibility index (Phi) is 7.77. The van der Waals surface area contributed by atoms with Crippen molar-refractivity contribution in [2.75, 3.05) is 18.0 Å². The SMILES string of the molecule is O=COC1N=C(c2ccccc2Cl)c2c(sc3c2CCNC3)N(CCC(c2ccccc2)c2ccccc2)C1=O. The standard InChI is InChI=1S/C32H28ClN3O3S/c33-26-14-8-7-13-24(26)29-28-25-15-17-34-19-27(25)40-32(28)36(31(38)30(35-29)39-20-37)18-16-23(21-9-3-1-4-10-21)22-11-5-2-6-12-22/h1-14,20,23,30,34H,15-19H2. The minimum Gasteiger partial charge on any atom is -0.432 e. The molecule has 0 fully saturated rings. The summed E-state index contributed by atoms with van der Waals surface area (Å²) in [5, 5.41) is 4.81. The van der Waals surface area contributed by atoms with E-state index in [9.17, 15) is 9.59 Å². The number of hydrogen-bond donors (Lipinski definition) is 1. The number of carbonyl (C=O) groups excluding carboxylic acids is 2. The lowest BCUT2D eigenvalue weighted by molar-refractivity contribution is -0.142. The lowest BCUT2D eigenvalue weighted by Crippen LogP contribution is -2.39. The van der Waals surface area contributed by atoms with Crippen molar-refractivity contribution < 1.29 is 14.3 Å². The number of nitrogens with one attached hydrogen (secondary N) is 1. The quantitative estimate of drug-likeness (QED) is 0.266. The lowest BCUT2D eigenvalue weighted by Gasteiger charge is -2.26. The molecule has 0 saturated heterocycles. The Labute approximate surface area is 242 Å². The highest BCUT2D eigenvalue weighted by Gasteiger charge is 2.38. The summed E-state index contributed by atoms with van der Waals surface area (Å²) < 4.78 is 5.31. The average molecular weight is 570 g/mol. The van der Waals surface area contributed by atoms with Gasteiger partial charge in [-0.2, -0.15) is 0 Å². The van der Waals surface area contributed by atoms with Crippen molar-refractivity contribution in [1.82, 2.24) is 5.32 Å². The van der Waals surface area contributed by atoms with E-state index in [4.69, 9.17) is 21.3 Å². The highest BCUT2D eigenvalue weighted by molar-refractivity contribution is 7.17. The number of anilines is 1. The van der Waals surface area contributed by atoms with Gasteiger partial charge in [-0.3, -0.25) is 14.5 Å². The molecule has 6 nitrogen and oxygen atoms in total. The first-order valence-corrected chi connectivity index (χ1v) is 14.5. The predicted molar refractivity (Wildman–Crippen MR) is 159 cm³/mol. The molecule has 4 aromatic rings. The summed E-state index contributed by atoms with van der Waals surface area (Å²) in [5.41, 5.74) is 5.75. The fourth-order valence-corrected chi connectivity index (χ4v) is 7.16. The van der Waals surface area contributed by atoms with E-state index in [0.717, 1.165) is 30.1 Å². The second kappa shape index (κ2) is 11.8. The van der Waals surface area contributed by atoms with Crippen LogP contribution in [0.4, 0.5) is 5.00 Å². The van der Waals surface area contributed by atoms with Crippen LogP contribution in [-0.2, 0) is 27.3 Å². The van der Waals surface area contributed by atoms with Crippen molar-refractivity contribution in [1.29, 1.82) is 0 Å². The van der Waals surface area contributed by atoms with E-state index in [1.165, 1.54) is 21.6 Å². The third-order valence-electron chi connectivity index (χ3n) is 7.47. The summed E-state index contributed by atoms with van der Waals surface area (Å²) in [6, 6.07) is 28.1. The van der Waals surface area contributed by atoms with Crippen molar-refractivity contribution in [2.24, 2.45) is 4.99 Å². The van der Waals surface area contributed by atoms with E-state index in [2.05, 4.69) is 29.6 Å². The number of rotatable bonds is 8. The van der Waals surface area contributed by atoms with Crippen LogP contribution in [0.2, 0.25) is 5.02 Å². The van der Waals surface area contributed by atoms with E-state index in [0.29, 0.717) is 35.7 Å². The molecule has 1 aromatic heterocycles. The fourth-order valence-electron chi connectivity index (χ4n) is 5.59. The Hall–Kier alpha value is -3.78. The fraction of sp³-hybridized carbons (Fsp3) is 0.219. The van der Waals surface area contributed by atoms with Gasteiger partial charge in [0.2, 0.25) is 0 Å². The molecule has 1 atom stereocenters. The summed E-state index contributed by atoms with van der Waals surface area (Å²) >= 11 is 8.27. The Morgan fingerprint density at radius 1 is 1.02 bits per heavy atom. The second-order valence-electron chi connectivity index (χ2n) is 9.81. The molecule has 1 amide bonds. The van der Waals surface area contributed by atoms with Crippen molar-refractivity contribution in [3.8, 4) is 0 Å². The van der Waals surface area contributed by atoms with Crippen LogP contribution >= 0.6 is 22.9 Å². The molecule has 40 heavy (non-hydrogen) atoms. The monoisotopic (exact) mass is 569 g/mol. The van der Waals surface area contributed by atoms with Gasteiger partial charge in [-0.15, -0.1) is 11.3 Å². The zero-order chi connectivity index (χ0) is 27.5. The third-order valence-corrected chi connectivity index (χ3v) is 9.06. The van der Waals surface area contributed by atoms with Crippen LogP contribution in [0.25, 0.3) is 0 Å². The van der Waals surface area contributed by atoms with Crippen LogP contribution in [0.5, 0.6) is 0 Å². The maximum atomic E-state index is 14.1. The van der Waals surface area contributed by atoms with Crippen LogP contribution in [-0.4, -0.2) is 37.4 Å². The zero-order valence-electron chi connectivity index (χ0n) is 21.8. The molecule has 8 heteroatoms. The summed E-state index contributed by atoms with van der Waals surface area (Å²) in [4.78, 5) is 33.3. The van der Waals surface area contributed by atoms with Gasteiger partial charge in [0.15, 0.2) is 0 Å². The Bertz CT molecular complexity index is 1510. The summed E-state index contributed by atoms with van der Waals surface area (Å²) in [5.74, 6) is -0.283. The van der Waals surface area contributed by atoms with Gasteiger partial charge in [0.05, 0.1) is 5.71 Å². The minimum absolute atomic E-state index is 0.0764. The number of amides is 1. The molecule has 0 saturated carbocycles. The summed E-state index contributed by atoms with van der Waals surface area (Å²) in [6.07, 6.45) is 0.185. The molecule has 3 aromatic carbocycles. The maximum absolute atomic E-state index is 14.1. The van der Waals surface area contributed by atoms with Gasteiger partial charge < -0.3 is 10.1 Å². The molecular weight excluding hydrogens is 542 g/mol. The molecule has 0 spiro atoms. The van der Waals surface area contributed by atoms with Crippen molar-refractivity contribution in [3.05, 3.63) is 123 Å². The molecule has 2 aliphatic heterocycles. The summed E-state index contributed by atoms with van der Waals surface area (Å²) in [7, 11) is 0. The molecular formula is C32H28ClN3O3S. The van der Waals surface area contributed by atoms with E-state index in [-0.39, 0.29) is 11.8 Å². The molecule has 0 aliphatic carbocycles. The van der Waals surface area contributed by atoms with E-state index < -0.39 is 6.23 Å². The molecule has 0 radical (unpaired) electrons. The first-order valence-electron chi connectivity index (χ1n) is 13.3. The molecule has 202 valence electrons. The molecule has 1 unspecified atom stereocenters. The summed E-state index contributed by atoms with van der Waals surface area (Å²) in [6.45, 7) is 2.29. The molecule has 3 heterocycles. The lowest BCUT2D eigenvalue weighted by atomic mass is 9.88. The Balaban J connectivity index is 1.46. The van der Waals surface area contributed by atoms with E-state index in [1.54, 1.807) is 16.2 Å². The van der Waals surface area contributed by atoms with Gasteiger partial charge in [0.1, 0.15) is 5.00 Å². The average Bonchev–Trinajstić information content (AvgIpc) is 3.33. The van der Waals surface area contributed by atoms with Gasteiger partial charge in [-0.05, 0) is 42.1 Å². The topological polar surface area (TPSA) is 71.0 Å². The van der Waals surface area contributed by atoms with Crippen LogP contribution in [0.15, 0.2) is 89.9 Å². The number of thiophene rings is 1. The van der Waals surface area contributed by atoms with Crippen LogP contribution in [0, 0.1) is 0 Å². The van der Waals surface area contributed by atoms with Gasteiger partial charge in [-0.25, -0.2) is 4.99 Å². The highest BCUT2D eigenvalue weighted by Crippen LogP contribution is 2.43. The number of ether oxygens (including phenoxy) is 1. The number of fused-ring (bicyclic) bond motifs is 3. The van der Waals surface area contributed by atoms with Crippen LogP contribution in [0.1, 0.15) is 45.0 Å². The van der Waals surface area contributed by atoms with E-state index >= 15 is 0 Å². The number of halogens is 1. The molecule has 1 N–H and O–H groups in total. The normalized spacial score (nSPS) is 16.6. The predicted octanol–water partition coefficient (Wildman–Crippen LogP) is 5.95. The molecule has 2 aliphatic rings. The largest absolute Gasteiger partial charge is 0.432 e. The molecule has 0 bridgehead atoms. The first-order chi connectivity index (χ1) is 19.7. The zero-order valence-corrected chi connectivity index (χ0v) is 23.3. The highest BCUT2D eigenvalue weighted by atomic mass is 35.5. The Morgan fingerprint density at radius 3 is 2.38 bits per heavy atom.